The molecule has 2 aliphatic rings. The van der Waals surface area contributed by atoms with Crippen LogP contribution in [0.25, 0.3) is 0 Å². The second kappa shape index (κ2) is 4.27. The van der Waals surface area contributed by atoms with Crippen LogP contribution in [-0.2, 0) is 4.79 Å². The Bertz CT molecular complexity index is 291. The van der Waals surface area contributed by atoms with E-state index in [1.807, 2.05) is 0 Å². The van der Waals surface area contributed by atoms with Crippen LogP contribution in [0.15, 0.2) is 0 Å². The van der Waals surface area contributed by atoms with Gasteiger partial charge in [-0.3, -0.25) is 4.79 Å². The lowest BCUT2D eigenvalue weighted by Gasteiger charge is -2.07. The third-order valence-electron chi connectivity index (χ3n) is 5.19. The zero-order valence-corrected chi connectivity index (χ0v) is 11.6. The highest BCUT2D eigenvalue weighted by Crippen LogP contribution is 2.67. The van der Waals surface area contributed by atoms with Crippen molar-refractivity contribution in [2.45, 2.75) is 53.0 Å². The van der Waals surface area contributed by atoms with Gasteiger partial charge in [0.15, 0.2) is 0 Å². The number of nitrogens with one attached hydrogen (secondary N) is 2. The lowest BCUT2D eigenvalue weighted by Crippen LogP contribution is -2.30. The standard InChI is InChI=1S/C14H26N2O/c1-13(2)11(14(13,3)4)9-16-12(17)7-8-15-10-5-6-10/h10-11,15H,5-9H2,1-4H3,(H,16,17). The van der Waals surface area contributed by atoms with Crippen molar-refractivity contribution in [1.29, 1.82) is 0 Å². The van der Waals surface area contributed by atoms with E-state index in [1.165, 1.54) is 12.8 Å². The Balaban J connectivity index is 1.60. The van der Waals surface area contributed by atoms with Gasteiger partial charge in [-0.25, -0.2) is 0 Å². The molecule has 0 spiro atoms. The van der Waals surface area contributed by atoms with Gasteiger partial charge in [-0.1, -0.05) is 27.7 Å². The molecule has 2 N–H and O–H groups in total. The molecule has 2 saturated carbocycles. The lowest BCUT2D eigenvalue weighted by atomic mass is 10.0. The van der Waals surface area contributed by atoms with Gasteiger partial charge in [0, 0.05) is 25.6 Å². The van der Waals surface area contributed by atoms with Crippen molar-refractivity contribution in [2.24, 2.45) is 16.7 Å². The highest BCUT2D eigenvalue weighted by atomic mass is 16.1. The van der Waals surface area contributed by atoms with Crippen LogP contribution in [-0.4, -0.2) is 25.0 Å². The molecule has 98 valence electrons. The molecule has 3 nitrogen and oxygen atoms in total. The second-order valence-electron chi connectivity index (χ2n) is 6.78. The minimum absolute atomic E-state index is 0.191. The quantitative estimate of drug-likeness (QED) is 0.742. The first-order valence-electron chi connectivity index (χ1n) is 6.86. The number of carbonyl (C=O) groups excluding carboxylic acids is 1. The molecule has 0 aromatic rings. The molecular weight excluding hydrogens is 212 g/mol. The normalized spacial score (nSPS) is 25.6. The average molecular weight is 238 g/mol. The van der Waals surface area contributed by atoms with Crippen LogP contribution in [0.3, 0.4) is 0 Å². The summed E-state index contributed by atoms with van der Waals surface area (Å²) in [4.78, 5) is 11.6. The molecule has 0 aromatic heterocycles. The van der Waals surface area contributed by atoms with Crippen molar-refractivity contribution >= 4 is 5.91 Å². The van der Waals surface area contributed by atoms with Crippen LogP contribution in [0.5, 0.6) is 0 Å². The zero-order valence-electron chi connectivity index (χ0n) is 11.6. The molecule has 0 unspecified atom stereocenters. The fraction of sp³-hybridized carbons (Fsp3) is 0.929. The summed E-state index contributed by atoms with van der Waals surface area (Å²) in [7, 11) is 0. The molecule has 3 heteroatoms. The maximum Gasteiger partial charge on any atom is 0.221 e. The van der Waals surface area contributed by atoms with Gasteiger partial charge in [0.25, 0.3) is 0 Å². The van der Waals surface area contributed by atoms with Crippen LogP contribution in [0.2, 0.25) is 0 Å². The van der Waals surface area contributed by atoms with Gasteiger partial charge in [-0.2, -0.15) is 0 Å². The summed E-state index contributed by atoms with van der Waals surface area (Å²) in [5.41, 5.74) is 0.735. The van der Waals surface area contributed by atoms with E-state index in [1.54, 1.807) is 0 Å². The fourth-order valence-corrected chi connectivity index (χ4v) is 2.83. The van der Waals surface area contributed by atoms with Crippen molar-refractivity contribution in [3.05, 3.63) is 0 Å². The van der Waals surface area contributed by atoms with E-state index < -0.39 is 0 Å². The van der Waals surface area contributed by atoms with Crippen LogP contribution in [0.1, 0.15) is 47.0 Å². The average Bonchev–Trinajstić information content (AvgIpc) is 3.07. The smallest absolute Gasteiger partial charge is 0.221 e. The van der Waals surface area contributed by atoms with Crippen LogP contribution in [0.4, 0.5) is 0 Å². The topological polar surface area (TPSA) is 41.1 Å². The Morgan fingerprint density at radius 3 is 2.24 bits per heavy atom. The summed E-state index contributed by atoms with van der Waals surface area (Å²) in [6.45, 7) is 10.8. The molecule has 0 atom stereocenters. The Kier molecular flexibility index (Phi) is 3.23. The van der Waals surface area contributed by atoms with E-state index in [-0.39, 0.29) is 5.91 Å². The number of carbonyl (C=O) groups is 1. The summed E-state index contributed by atoms with van der Waals surface area (Å²) in [5.74, 6) is 0.812. The lowest BCUT2D eigenvalue weighted by molar-refractivity contribution is -0.121. The SMILES string of the molecule is CC1(C)C(CNC(=O)CCNC2CC2)C1(C)C. The summed E-state index contributed by atoms with van der Waals surface area (Å²) in [6, 6.07) is 0.698. The molecule has 17 heavy (non-hydrogen) atoms. The van der Waals surface area contributed by atoms with Gasteiger partial charge in [-0.05, 0) is 29.6 Å². The molecule has 0 saturated heterocycles. The predicted octanol–water partition coefficient (Wildman–Crippen LogP) is 1.93. The van der Waals surface area contributed by atoms with E-state index in [0.29, 0.717) is 29.2 Å². The van der Waals surface area contributed by atoms with Crippen molar-refractivity contribution in [2.75, 3.05) is 13.1 Å². The van der Waals surface area contributed by atoms with E-state index in [9.17, 15) is 4.79 Å². The predicted molar refractivity (Wildman–Crippen MR) is 69.7 cm³/mol. The van der Waals surface area contributed by atoms with Crippen molar-refractivity contribution < 1.29 is 4.79 Å². The first-order valence-corrected chi connectivity index (χ1v) is 6.86. The Labute approximate surface area is 105 Å². The number of amides is 1. The number of hydrogen-bond donors (Lipinski definition) is 2. The summed E-state index contributed by atoms with van der Waals surface area (Å²) in [6.07, 6.45) is 3.18. The summed E-state index contributed by atoms with van der Waals surface area (Å²) in [5, 5.41) is 6.43. The van der Waals surface area contributed by atoms with E-state index in [0.717, 1.165) is 13.1 Å². The van der Waals surface area contributed by atoms with Gasteiger partial charge in [0.1, 0.15) is 0 Å². The van der Waals surface area contributed by atoms with Gasteiger partial charge in [0.2, 0.25) is 5.91 Å². The van der Waals surface area contributed by atoms with E-state index >= 15 is 0 Å². The molecule has 0 radical (unpaired) electrons. The minimum atomic E-state index is 0.191. The zero-order chi connectivity index (χ0) is 12.7. The monoisotopic (exact) mass is 238 g/mol. The van der Waals surface area contributed by atoms with E-state index in [4.69, 9.17) is 0 Å². The first kappa shape index (κ1) is 12.9. The third-order valence-corrected chi connectivity index (χ3v) is 5.19. The van der Waals surface area contributed by atoms with Crippen LogP contribution < -0.4 is 10.6 Å². The fourth-order valence-electron chi connectivity index (χ4n) is 2.83. The highest BCUT2D eigenvalue weighted by molar-refractivity contribution is 5.76. The highest BCUT2D eigenvalue weighted by Gasteiger charge is 2.64. The summed E-state index contributed by atoms with van der Waals surface area (Å²) < 4.78 is 0. The van der Waals surface area contributed by atoms with Crippen LogP contribution in [0, 0.1) is 16.7 Å². The molecular formula is C14H26N2O. The van der Waals surface area contributed by atoms with Crippen molar-refractivity contribution in [1.82, 2.24) is 10.6 Å². The van der Waals surface area contributed by atoms with Crippen molar-refractivity contribution in [3.63, 3.8) is 0 Å². The molecule has 2 aliphatic carbocycles. The molecule has 0 heterocycles. The Morgan fingerprint density at radius 1 is 1.18 bits per heavy atom. The number of rotatable bonds is 6. The molecule has 2 rings (SSSR count). The maximum absolute atomic E-state index is 11.6. The van der Waals surface area contributed by atoms with Gasteiger partial charge < -0.3 is 10.6 Å². The van der Waals surface area contributed by atoms with Gasteiger partial charge in [0.05, 0.1) is 0 Å². The Hall–Kier alpha value is -0.570. The third kappa shape index (κ3) is 2.65. The van der Waals surface area contributed by atoms with Crippen molar-refractivity contribution in [3.8, 4) is 0 Å². The molecule has 0 aliphatic heterocycles. The summed E-state index contributed by atoms with van der Waals surface area (Å²) >= 11 is 0. The molecule has 0 bridgehead atoms. The second-order valence-corrected chi connectivity index (χ2v) is 6.78. The Morgan fingerprint density at radius 2 is 1.76 bits per heavy atom. The number of hydrogen-bond acceptors (Lipinski definition) is 2. The maximum atomic E-state index is 11.6. The van der Waals surface area contributed by atoms with E-state index in [2.05, 4.69) is 38.3 Å². The molecule has 2 fully saturated rings. The molecule has 0 aromatic carbocycles. The first-order chi connectivity index (χ1) is 7.85. The van der Waals surface area contributed by atoms with Gasteiger partial charge >= 0.3 is 0 Å². The van der Waals surface area contributed by atoms with Gasteiger partial charge in [-0.15, -0.1) is 0 Å². The minimum Gasteiger partial charge on any atom is -0.356 e. The molecule has 1 amide bonds. The van der Waals surface area contributed by atoms with Crippen LogP contribution >= 0.6 is 0 Å². The largest absolute Gasteiger partial charge is 0.356 e.